The molecule has 6 heteroatoms. The maximum Gasteiger partial charge on any atom is 0.241 e. The van der Waals surface area contributed by atoms with Crippen LogP contribution in [-0.4, -0.2) is 19.1 Å². The van der Waals surface area contributed by atoms with Gasteiger partial charge >= 0.3 is 0 Å². The highest BCUT2D eigenvalue weighted by Crippen LogP contribution is 2.17. The molecule has 92 valence electrons. The zero-order valence-electron chi connectivity index (χ0n) is 9.89. The minimum atomic E-state index is -3.49. The van der Waals surface area contributed by atoms with Gasteiger partial charge in [-0.1, -0.05) is 0 Å². The quantitative estimate of drug-likeness (QED) is 0.678. The SMILES string of the molecule is CC(C)(C)NS(=O)(=O)c1ccc(N=C=S)cc1. The Morgan fingerprint density at radius 2 is 1.76 bits per heavy atom. The summed E-state index contributed by atoms with van der Waals surface area (Å²) >= 11 is 4.46. The van der Waals surface area contributed by atoms with Gasteiger partial charge in [-0.3, -0.25) is 0 Å². The summed E-state index contributed by atoms with van der Waals surface area (Å²) < 4.78 is 26.4. The summed E-state index contributed by atoms with van der Waals surface area (Å²) in [7, 11) is -3.49. The molecule has 0 aliphatic heterocycles. The van der Waals surface area contributed by atoms with E-state index in [4.69, 9.17) is 0 Å². The van der Waals surface area contributed by atoms with Gasteiger partial charge in [0.25, 0.3) is 0 Å². The van der Waals surface area contributed by atoms with Gasteiger partial charge in [0.05, 0.1) is 15.7 Å². The minimum absolute atomic E-state index is 0.204. The molecule has 0 radical (unpaired) electrons. The van der Waals surface area contributed by atoms with Crippen molar-refractivity contribution >= 4 is 33.1 Å². The summed E-state index contributed by atoms with van der Waals surface area (Å²) in [6.45, 7) is 5.36. The molecule has 4 nitrogen and oxygen atoms in total. The molecule has 0 bridgehead atoms. The molecule has 1 aromatic rings. The molecule has 1 N–H and O–H groups in total. The van der Waals surface area contributed by atoms with Gasteiger partial charge in [0.2, 0.25) is 10.0 Å². The second kappa shape index (κ2) is 5.06. The third-order valence-electron chi connectivity index (χ3n) is 1.76. The summed E-state index contributed by atoms with van der Waals surface area (Å²) in [5.41, 5.74) is 0.0686. The Bertz CT molecular complexity index is 536. The lowest BCUT2D eigenvalue weighted by molar-refractivity contribution is 0.491. The highest BCUT2D eigenvalue weighted by Gasteiger charge is 2.21. The van der Waals surface area contributed by atoms with E-state index in [1.807, 2.05) is 0 Å². The number of hydrogen-bond donors (Lipinski definition) is 1. The van der Waals surface area contributed by atoms with Crippen molar-refractivity contribution in [2.75, 3.05) is 0 Å². The summed E-state index contributed by atoms with van der Waals surface area (Å²) in [5, 5.41) is 2.22. The maximum absolute atomic E-state index is 11.9. The van der Waals surface area contributed by atoms with Crippen molar-refractivity contribution in [3.63, 3.8) is 0 Å². The number of hydrogen-bond acceptors (Lipinski definition) is 4. The Morgan fingerprint density at radius 3 is 2.18 bits per heavy atom. The van der Waals surface area contributed by atoms with Crippen molar-refractivity contribution in [3.8, 4) is 0 Å². The zero-order chi connectivity index (χ0) is 13.1. The molecule has 0 fully saturated rings. The topological polar surface area (TPSA) is 58.5 Å². The molecule has 0 amide bonds. The van der Waals surface area contributed by atoms with E-state index in [9.17, 15) is 8.42 Å². The molecule has 0 saturated carbocycles. The highest BCUT2D eigenvalue weighted by atomic mass is 32.2. The second-order valence-electron chi connectivity index (χ2n) is 4.55. The fourth-order valence-corrected chi connectivity index (χ4v) is 2.74. The van der Waals surface area contributed by atoms with Crippen LogP contribution in [0.3, 0.4) is 0 Å². The predicted molar refractivity (Wildman–Crippen MR) is 71.2 cm³/mol. The van der Waals surface area contributed by atoms with E-state index in [0.29, 0.717) is 5.69 Å². The lowest BCUT2D eigenvalue weighted by atomic mass is 10.1. The van der Waals surface area contributed by atoms with Crippen molar-refractivity contribution in [1.29, 1.82) is 0 Å². The van der Waals surface area contributed by atoms with Crippen LogP contribution >= 0.6 is 12.2 Å². The number of sulfonamides is 1. The summed E-state index contributed by atoms with van der Waals surface area (Å²) in [4.78, 5) is 3.96. The Kier molecular flexibility index (Phi) is 4.16. The van der Waals surface area contributed by atoms with Gasteiger partial charge in [-0.2, -0.15) is 4.99 Å². The molecule has 0 aromatic heterocycles. The van der Waals surface area contributed by atoms with E-state index < -0.39 is 15.6 Å². The van der Waals surface area contributed by atoms with Crippen LogP contribution in [0.25, 0.3) is 0 Å². The fourth-order valence-electron chi connectivity index (χ4n) is 1.21. The second-order valence-corrected chi connectivity index (χ2v) is 6.42. The van der Waals surface area contributed by atoms with Crippen LogP contribution < -0.4 is 4.72 Å². The molecular formula is C11H14N2O2S2. The molecule has 0 atom stereocenters. The number of isothiocyanates is 1. The van der Waals surface area contributed by atoms with Gasteiger partial charge in [-0.25, -0.2) is 13.1 Å². The first-order valence-corrected chi connectivity index (χ1v) is 6.86. The highest BCUT2D eigenvalue weighted by molar-refractivity contribution is 7.89. The monoisotopic (exact) mass is 270 g/mol. The standard InChI is InChI=1S/C11H14N2O2S2/c1-11(2,3)13-17(14,15)10-6-4-9(5-7-10)12-8-16/h4-7,13H,1-3H3. The average molecular weight is 270 g/mol. The van der Waals surface area contributed by atoms with Gasteiger partial charge in [-0.05, 0) is 57.3 Å². The molecular weight excluding hydrogens is 256 g/mol. The van der Waals surface area contributed by atoms with E-state index in [1.54, 1.807) is 32.9 Å². The molecule has 1 aromatic carbocycles. The van der Waals surface area contributed by atoms with Crippen molar-refractivity contribution in [1.82, 2.24) is 4.72 Å². The van der Waals surface area contributed by atoms with Crippen LogP contribution in [0.1, 0.15) is 20.8 Å². The largest absolute Gasteiger partial charge is 0.241 e. The Labute approximate surface area is 107 Å². The van der Waals surface area contributed by atoms with Crippen LogP contribution in [0.4, 0.5) is 5.69 Å². The first-order chi connectivity index (χ1) is 7.74. The van der Waals surface area contributed by atoms with Crippen LogP contribution in [0.15, 0.2) is 34.2 Å². The van der Waals surface area contributed by atoms with Gasteiger partial charge in [0.1, 0.15) is 0 Å². The van der Waals surface area contributed by atoms with Crippen LogP contribution in [0.2, 0.25) is 0 Å². The zero-order valence-corrected chi connectivity index (χ0v) is 11.5. The minimum Gasteiger partial charge on any atom is -0.207 e. The summed E-state index contributed by atoms with van der Waals surface area (Å²) in [6, 6.07) is 6.13. The molecule has 17 heavy (non-hydrogen) atoms. The number of nitrogens with one attached hydrogen (secondary N) is 1. The van der Waals surface area contributed by atoms with Crippen LogP contribution in [0.5, 0.6) is 0 Å². The third kappa shape index (κ3) is 4.36. The van der Waals surface area contributed by atoms with Crippen LogP contribution in [0, 0.1) is 0 Å². The molecule has 0 saturated heterocycles. The summed E-state index contributed by atoms with van der Waals surface area (Å²) in [6.07, 6.45) is 0. The van der Waals surface area contributed by atoms with Gasteiger partial charge in [0, 0.05) is 5.54 Å². The van der Waals surface area contributed by atoms with E-state index in [-0.39, 0.29) is 4.90 Å². The predicted octanol–water partition coefficient (Wildman–Crippen LogP) is 2.50. The van der Waals surface area contributed by atoms with Gasteiger partial charge < -0.3 is 0 Å². The first-order valence-electron chi connectivity index (χ1n) is 4.96. The molecule has 1 rings (SSSR count). The molecule has 0 aliphatic carbocycles. The van der Waals surface area contributed by atoms with Crippen molar-refractivity contribution < 1.29 is 8.42 Å². The maximum atomic E-state index is 11.9. The van der Waals surface area contributed by atoms with Crippen LogP contribution in [-0.2, 0) is 10.0 Å². The van der Waals surface area contributed by atoms with E-state index >= 15 is 0 Å². The number of thiocarbonyl (C=S) groups is 1. The Balaban J connectivity index is 3.04. The first kappa shape index (κ1) is 14.0. The Morgan fingerprint density at radius 1 is 1.24 bits per heavy atom. The molecule has 0 unspecified atom stereocenters. The van der Waals surface area contributed by atoms with Crippen molar-refractivity contribution in [3.05, 3.63) is 24.3 Å². The van der Waals surface area contributed by atoms with E-state index in [2.05, 4.69) is 27.1 Å². The molecule has 0 aliphatic rings. The number of rotatable bonds is 3. The lowest BCUT2D eigenvalue weighted by Crippen LogP contribution is -2.40. The third-order valence-corrected chi connectivity index (χ3v) is 3.63. The summed E-state index contributed by atoms with van der Waals surface area (Å²) in [5.74, 6) is 0. The average Bonchev–Trinajstić information content (AvgIpc) is 2.15. The lowest BCUT2D eigenvalue weighted by Gasteiger charge is -2.20. The van der Waals surface area contributed by atoms with Crippen molar-refractivity contribution in [2.45, 2.75) is 31.2 Å². The Hall–Kier alpha value is -1.07. The number of nitrogens with zero attached hydrogens (tertiary/aromatic N) is 1. The van der Waals surface area contributed by atoms with E-state index in [1.165, 1.54) is 12.1 Å². The van der Waals surface area contributed by atoms with Crippen molar-refractivity contribution in [2.24, 2.45) is 4.99 Å². The van der Waals surface area contributed by atoms with Gasteiger partial charge in [0.15, 0.2) is 0 Å². The normalized spacial score (nSPS) is 11.9. The van der Waals surface area contributed by atoms with Gasteiger partial charge in [-0.15, -0.1) is 0 Å². The molecule has 0 spiro atoms. The number of aliphatic imine (C=N–C) groups is 1. The van der Waals surface area contributed by atoms with E-state index in [0.717, 1.165) is 0 Å². The smallest absolute Gasteiger partial charge is 0.207 e. The molecule has 0 heterocycles. The number of benzene rings is 1. The fraction of sp³-hybridized carbons (Fsp3) is 0.364.